The normalized spacial score (nSPS) is 21.6. The van der Waals surface area contributed by atoms with E-state index in [0.717, 1.165) is 17.7 Å². The molecule has 1 atom stereocenters. The molecule has 0 fully saturated rings. The summed E-state index contributed by atoms with van der Waals surface area (Å²) in [6.07, 6.45) is 0.798. The average molecular weight is 270 g/mol. The molecule has 1 aliphatic heterocycles. The van der Waals surface area contributed by atoms with Crippen LogP contribution in [0.1, 0.15) is 38.7 Å². The molecule has 1 aromatic rings. The second-order valence-electron chi connectivity index (χ2n) is 5.48. The number of alkyl halides is 1. The van der Waals surface area contributed by atoms with E-state index >= 15 is 0 Å². The van der Waals surface area contributed by atoms with Gasteiger partial charge in [-0.05, 0) is 49.9 Å². The van der Waals surface area contributed by atoms with Crippen LogP contribution < -0.4 is 4.90 Å². The summed E-state index contributed by atoms with van der Waals surface area (Å²) in [5.74, 6) is -0.237. The van der Waals surface area contributed by atoms with Crippen LogP contribution in [-0.2, 0) is 4.79 Å². The second kappa shape index (κ2) is 4.54. The Kier molecular flexibility index (Phi) is 3.37. The van der Waals surface area contributed by atoms with E-state index in [9.17, 15) is 9.18 Å². The van der Waals surface area contributed by atoms with Gasteiger partial charge in [-0.25, -0.2) is 4.39 Å². The smallest absolute Gasteiger partial charge is 0.242 e. The Bertz CT molecular complexity index is 487. The molecule has 1 aliphatic rings. The van der Waals surface area contributed by atoms with Crippen molar-refractivity contribution in [3.63, 3.8) is 0 Å². The lowest BCUT2D eigenvalue weighted by atomic mass is 9.80. The molecular formula is C14H17ClFNO. The van der Waals surface area contributed by atoms with E-state index in [4.69, 9.17) is 11.6 Å². The molecule has 0 aromatic heterocycles. The van der Waals surface area contributed by atoms with Gasteiger partial charge in [-0.1, -0.05) is 6.92 Å². The Balaban J connectivity index is 2.58. The fourth-order valence-electron chi connectivity index (χ4n) is 2.93. The SMILES string of the molecule is C[C@H]1CC(C)(C)N(C(=O)CCl)c2ccc(F)cc21. The van der Waals surface area contributed by atoms with Crippen molar-refractivity contribution < 1.29 is 9.18 Å². The van der Waals surface area contributed by atoms with Crippen molar-refractivity contribution in [3.8, 4) is 0 Å². The van der Waals surface area contributed by atoms with E-state index in [1.54, 1.807) is 11.0 Å². The fraction of sp³-hybridized carbons (Fsp3) is 0.500. The zero-order chi connectivity index (χ0) is 13.5. The number of benzene rings is 1. The van der Waals surface area contributed by atoms with E-state index in [1.165, 1.54) is 12.1 Å². The van der Waals surface area contributed by atoms with E-state index < -0.39 is 0 Å². The Morgan fingerprint density at radius 2 is 2.22 bits per heavy atom. The topological polar surface area (TPSA) is 20.3 Å². The molecule has 1 heterocycles. The first-order chi connectivity index (χ1) is 8.36. The monoisotopic (exact) mass is 269 g/mol. The summed E-state index contributed by atoms with van der Waals surface area (Å²) in [7, 11) is 0. The third-order valence-electron chi connectivity index (χ3n) is 3.54. The van der Waals surface area contributed by atoms with Crippen molar-refractivity contribution in [2.75, 3.05) is 10.8 Å². The second-order valence-corrected chi connectivity index (χ2v) is 5.75. The first-order valence-electron chi connectivity index (χ1n) is 6.05. The van der Waals surface area contributed by atoms with E-state index in [-0.39, 0.29) is 29.1 Å². The number of halogens is 2. The quantitative estimate of drug-likeness (QED) is 0.712. The van der Waals surface area contributed by atoms with Gasteiger partial charge in [0.05, 0.1) is 0 Å². The lowest BCUT2D eigenvalue weighted by Gasteiger charge is -2.45. The maximum absolute atomic E-state index is 13.3. The first kappa shape index (κ1) is 13.3. The van der Waals surface area contributed by atoms with Gasteiger partial charge in [0.25, 0.3) is 0 Å². The van der Waals surface area contributed by atoms with Crippen molar-refractivity contribution in [2.24, 2.45) is 0 Å². The number of nitrogens with zero attached hydrogens (tertiary/aromatic N) is 1. The van der Waals surface area contributed by atoms with Crippen molar-refractivity contribution in [1.29, 1.82) is 0 Å². The summed E-state index contributed by atoms with van der Waals surface area (Å²) >= 11 is 5.68. The predicted octanol–water partition coefficient (Wildman–Crippen LogP) is 3.68. The highest BCUT2D eigenvalue weighted by molar-refractivity contribution is 6.29. The number of rotatable bonds is 1. The lowest BCUT2D eigenvalue weighted by molar-refractivity contribution is -0.117. The summed E-state index contributed by atoms with van der Waals surface area (Å²) in [6, 6.07) is 4.58. The van der Waals surface area contributed by atoms with Crippen LogP contribution in [0.2, 0.25) is 0 Å². The van der Waals surface area contributed by atoms with Crippen molar-refractivity contribution in [3.05, 3.63) is 29.6 Å². The van der Waals surface area contributed by atoms with Crippen LogP contribution in [0.4, 0.5) is 10.1 Å². The van der Waals surface area contributed by atoms with Crippen LogP contribution in [0.15, 0.2) is 18.2 Å². The van der Waals surface area contributed by atoms with Gasteiger partial charge in [0.1, 0.15) is 11.7 Å². The summed E-state index contributed by atoms with van der Waals surface area (Å²) in [5.41, 5.74) is 1.37. The number of anilines is 1. The van der Waals surface area contributed by atoms with Crippen LogP contribution in [0.25, 0.3) is 0 Å². The Morgan fingerprint density at radius 1 is 1.56 bits per heavy atom. The van der Waals surface area contributed by atoms with Crippen molar-refractivity contribution in [2.45, 2.75) is 38.6 Å². The molecule has 98 valence electrons. The number of hydrogen-bond donors (Lipinski definition) is 0. The number of hydrogen-bond acceptors (Lipinski definition) is 1. The largest absolute Gasteiger partial charge is 0.306 e. The highest BCUT2D eigenvalue weighted by Gasteiger charge is 2.39. The Labute approximate surface area is 112 Å². The third kappa shape index (κ3) is 2.12. The zero-order valence-electron chi connectivity index (χ0n) is 10.8. The van der Waals surface area contributed by atoms with E-state index in [0.29, 0.717) is 0 Å². The van der Waals surface area contributed by atoms with E-state index in [2.05, 4.69) is 6.92 Å². The van der Waals surface area contributed by atoms with Crippen LogP contribution >= 0.6 is 11.6 Å². The van der Waals surface area contributed by atoms with E-state index in [1.807, 2.05) is 13.8 Å². The van der Waals surface area contributed by atoms with Crippen molar-refractivity contribution in [1.82, 2.24) is 0 Å². The molecule has 0 saturated carbocycles. The van der Waals surface area contributed by atoms with Crippen LogP contribution in [0, 0.1) is 5.82 Å². The summed E-state index contributed by atoms with van der Waals surface area (Å²) < 4.78 is 13.3. The van der Waals surface area contributed by atoms with Gasteiger partial charge < -0.3 is 4.90 Å². The summed E-state index contributed by atoms with van der Waals surface area (Å²) in [4.78, 5) is 13.7. The fourth-order valence-corrected chi connectivity index (χ4v) is 3.05. The minimum Gasteiger partial charge on any atom is -0.306 e. The molecule has 0 saturated heterocycles. The molecule has 1 aromatic carbocycles. The molecule has 18 heavy (non-hydrogen) atoms. The molecule has 0 spiro atoms. The number of fused-ring (bicyclic) bond motifs is 1. The summed E-state index contributed by atoms with van der Waals surface area (Å²) in [6.45, 7) is 6.09. The lowest BCUT2D eigenvalue weighted by Crippen LogP contribution is -2.52. The maximum Gasteiger partial charge on any atom is 0.242 e. The van der Waals surface area contributed by atoms with Crippen molar-refractivity contribution >= 4 is 23.2 Å². The van der Waals surface area contributed by atoms with Gasteiger partial charge in [-0.15, -0.1) is 11.6 Å². The number of carbonyl (C=O) groups is 1. The number of amides is 1. The average Bonchev–Trinajstić information content (AvgIpc) is 2.28. The van der Waals surface area contributed by atoms with Gasteiger partial charge in [-0.3, -0.25) is 4.79 Å². The third-order valence-corrected chi connectivity index (χ3v) is 3.76. The minimum atomic E-state index is -0.295. The molecule has 0 unspecified atom stereocenters. The molecule has 0 aliphatic carbocycles. The Morgan fingerprint density at radius 3 is 2.83 bits per heavy atom. The molecule has 0 radical (unpaired) electrons. The zero-order valence-corrected chi connectivity index (χ0v) is 11.6. The number of carbonyl (C=O) groups excluding carboxylic acids is 1. The molecule has 0 N–H and O–H groups in total. The highest BCUT2D eigenvalue weighted by atomic mass is 35.5. The van der Waals surface area contributed by atoms with Crippen LogP contribution in [0.3, 0.4) is 0 Å². The molecule has 1 amide bonds. The maximum atomic E-state index is 13.3. The Hall–Kier alpha value is -1.09. The molecule has 2 nitrogen and oxygen atoms in total. The molecule has 2 rings (SSSR count). The minimum absolute atomic E-state index is 0.0609. The van der Waals surface area contributed by atoms with Crippen LogP contribution in [0.5, 0.6) is 0 Å². The predicted molar refractivity (Wildman–Crippen MR) is 71.7 cm³/mol. The summed E-state index contributed by atoms with van der Waals surface area (Å²) in [5, 5.41) is 0. The van der Waals surface area contributed by atoms with Gasteiger partial charge in [0.2, 0.25) is 5.91 Å². The van der Waals surface area contributed by atoms with Gasteiger partial charge in [0, 0.05) is 11.2 Å². The highest BCUT2D eigenvalue weighted by Crippen LogP contribution is 2.43. The standard InChI is InChI=1S/C14H17ClFNO/c1-9-7-14(2,3)17(13(18)8-15)12-5-4-10(16)6-11(9)12/h4-6,9H,7-8H2,1-3H3/t9-/m0/s1. The van der Waals surface area contributed by atoms with Gasteiger partial charge in [0.15, 0.2) is 0 Å². The molecular weight excluding hydrogens is 253 g/mol. The van der Waals surface area contributed by atoms with Crippen LogP contribution in [-0.4, -0.2) is 17.3 Å². The molecule has 4 heteroatoms. The first-order valence-corrected chi connectivity index (χ1v) is 6.59. The van der Waals surface area contributed by atoms with Gasteiger partial charge in [-0.2, -0.15) is 0 Å². The molecule has 0 bridgehead atoms. The van der Waals surface area contributed by atoms with Gasteiger partial charge >= 0.3 is 0 Å².